The molecule has 0 aliphatic rings. The Balaban J connectivity index is 1.80. The van der Waals surface area contributed by atoms with E-state index in [0.29, 0.717) is 28.8 Å². The number of nitrogens with zero attached hydrogens (tertiary/aromatic N) is 2. The van der Waals surface area contributed by atoms with E-state index in [1.807, 2.05) is 0 Å². The van der Waals surface area contributed by atoms with Gasteiger partial charge in [0.1, 0.15) is 12.4 Å². The Morgan fingerprint density at radius 2 is 1.88 bits per heavy atom. The smallest absolute Gasteiger partial charge is 0.320 e. The highest BCUT2D eigenvalue weighted by Crippen LogP contribution is 2.24. The van der Waals surface area contributed by atoms with Gasteiger partial charge < -0.3 is 4.74 Å². The number of halogens is 2. The molecule has 0 radical (unpaired) electrons. The van der Waals surface area contributed by atoms with Gasteiger partial charge in [0.2, 0.25) is 0 Å². The summed E-state index contributed by atoms with van der Waals surface area (Å²) in [5.74, 6) is 0.691. The van der Waals surface area contributed by atoms with Gasteiger partial charge in [-0.3, -0.25) is 9.36 Å². The van der Waals surface area contributed by atoms with Gasteiger partial charge in [-0.2, -0.15) is 8.78 Å². The summed E-state index contributed by atoms with van der Waals surface area (Å²) >= 11 is 0. The van der Waals surface area contributed by atoms with E-state index >= 15 is 0 Å². The van der Waals surface area contributed by atoms with Crippen LogP contribution in [0.2, 0.25) is 0 Å². The average Bonchev–Trinajstić information content (AvgIpc) is 2.98. The molecule has 0 saturated carbocycles. The highest BCUT2D eigenvalue weighted by molar-refractivity contribution is 5.95. The van der Waals surface area contributed by atoms with Crippen LogP contribution in [0.15, 0.2) is 48.5 Å². The molecule has 0 fully saturated rings. The summed E-state index contributed by atoms with van der Waals surface area (Å²) in [4.78, 5) is 15.8. The van der Waals surface area contributed by atoms with Crippen LogP contribution < -0.4 is 4.74 Å². The minimum atomic E-state index is -2.69. The maximum atomic E-state index is 13.3. The minimum Gasteiger partial charge on any atom is -0.486 e. The molecule has 0 bridgehead atoms. The topological polar surface area (TPSA) is 44.1 Å². The number of alkyl halides is 2. The molecule has 0 saturated heterocycles. The van der Waals surface area contributed by atoms with Gasteiger partial charge in [0.05, 0.1) is 11.0 Å². The van der Waals surface area contributed by atoms with E-state index in [0.717, 1.165) is 4.57 Å². The normalized spacial score (nSPS) is 11.2. The second-order valence-corrected chi connectivity index (χ2v) is 5.25. The number of para-hydroxylation sites is 2. The van der Waals surface area contributed by atoms with Gasteiger partial charge in [-0.25, -0.2) is 4.98 Å². The molecule has 0 N–H and O–H groups in total. The number of carbonyl (C=O) groups excluding carboxylic acids is 1. The Bertz CT molecular complexity index is 857. The summed E-state index contributed by atoms with van der Waals surface area (Å²) in [6, 6.07) is 13.4. The summed E-state index contributed by atoms with van der Waals surface area (Å²) < 4.78 is 33.1. The number of carbonyl (C=O) groups is 1. The van der Waals surface area contributed by atoms with Crippen LogP contribution >= 0.6 is 0 Å². The fraction of sp³-hybridized carbons (Fsp3) is 0.222. The molecule has 0 atom stereocenters. The molecule has 0 unspecified atom stereocenters. The summed E-state index contributed by atoms with van der Waals surface area (Å²) in [5.41, 5.74) is 1.47. The number of Topliss-reactive ketones (excluding diaryl/α,β-unsaturated/α-hetero) is 1. The lowest BCUT2D eigenvalue weighted by atomic mass is 10.1. The van der Waals surface area contributed by atoms with E-state index in [1.54, 1.807) is 55.5 Å². The summed E-state index contributed by atoms with van der Waals surface area (Å²) in [6.07, 6.45) is 0.429. The largest absolute Gasteiger partial charge is 0.486 e. The molecule has 3 rings (SSSR count). The Hall–Kier alpha value is -2.76. The third-order valence-corrected chi connectivity index (χ3v) is 3.73. The van der Waals surface area contributed by atoms with E-state index in [-0.39, 0.29) is 18.2 Å². The maximum absolute atomic E-state index is 13.3. The van der Waals surface area contributed by atoms with Crippen molar-refractivity contribution in [2.24, 2.45) is 0 Å². The standard InChI is InChI=1S/C18H16F2N2O2/c1-2-16(23)12-7-9-13(10-8-12)24-11-17-21-14-5-3-4-6-15(14)22(17)18(19)20/h3-10,18H,2,11H2,1H3. The van der Waals surface area contributed by atoms with E-state index in [4.69, 9.17) is 4.74 Å². The zero-order valence-corrected chi connectivity index (χ0v) is 13.1. The van der Waals surface area contributed by atoms with Gasteiger partial charge in [0.15, 0.2) is 11.6 Å². The van der Waals surface area contributed by atoms with Gasteiger partial charge >= 0.3 is 6.55 Å². The lowest BCUT2D eigenvalue weighted by molar-refractivity contribution is 0.0677. The SMILES string of the molecule is CCC(=O)c1ccc(OCc2nc3ccccc3n2C(F)F)cc1. The molecule has 24 heavy (non-hydrogen) atoms. The fourth-order valence-electron chi connectivity index (χ4n) is 2.50. The first-order valence-electron chi connectivity index (χ1n) is 7.60. The van der Waals surface area contributed by atoms with Crippen LogP contribution in [0, 0.1) is 0 Å². The minimum absolute atomic E-state index is 0.0426. The third-order valence-electron chi connectivity index (χ3n) is 3.73. The molecule has 0 spiro atoms. The van der Waals surface area contributed by atoms with Gasteiger partial charge in [0, 0.05) is 12.0 Å². The van der Waals surface area contributed by atoms with Crippen LogP contribution in [0.4, 0.5) is 8.78 Å². The average molecular weight is 330 g/mol. The van der Waals surface area contributed by atoms with E-state index in [9.17, 15) is 13.6 Å². The van der Waals surface area contributed by atoms with Crippen LogP contribution in [0.1, 0.15) is 36.1 Å². The molecule has 3 aromatic rings. The molecule has 0 aliphatic heterocycles. The summed E-state index contributed by atoms with van der Waals surface area (Å²) in [5, 5.41) is 0. The first-order chi connectivity index (χ1) is 11.6. The number of fused-ring (bicyclic) bond motifs is 1. The Morgan fingerprint density at radius 1 is 1.17 bits per heavy atom. The van der Waals surface area contributed by atoms with Crippen molar-refractivity contribution in [2.75, 3.05) is 0 Å². The number of hydrogen-bond acceptors (Lipinski definition) is 3. The molecular formula is C18H16F2N2O2. The van der Waals surface area contributed by atoms with Crippen LogP contribution in [-0.2, 0) is 6.61 Å². The van der Waals surface area contributed by atoms with E-state index < -0.39 is 6.55 Å². The number of rotatable bonds is 6. The molecular weight excluding hydrogens is 314 g/mol. The lowest BCUT2D eigenvalue weighted by Gasteiger charge is -2.09. The third kappa shape index (κ3) is 3.13. The Kier molecular flexibility index (Phi) is 4.55. The Labute approximate surface area is 137 Å². The summed E-state index contributed by atoms with van der Waals surface area (Å²) in [6.45, 7) is -0.984. The molecule has 4 nitrogen and oxygen atoms in total. The molecule has 124 valence electrons. The molecule has 0 amide bonds. The van der Waals surface area contributed by atoms with Gasteiger partial charge in [-0.05, 0) is 36.4 Å². The molecule has 1 aromatic heterocycles. The number of ether oxygens (including phenoxy) is 1. The van der Waals surface area contributed by atoms with E-state index in [1.165, 1.54) is 0 Å². The van der Waals surface area contributed by atoms with Crippen LogP contribution in [0.25, 0.3) is 11.0 Å². The zero-order valence-electron chi connectivity index (χ0n) is 13.1. The van der Waals surface area contributed by atoms with Crippen molar-refractivity contribution < 1.29 is 18.3 Å². The monoisotopic (exact) mass is 330 g/mol. The van der Waals surface area contributed by atoms with Crippen molar-refractivity contribution in [3.63, 3.8) is 0 Å². The van der Waals surface area contributed by atoms with Crippen molar-refractivity contribution in [3.05, 3.63) is 59.9 Å². The van der Waals surface area contributed by atoms with Crippen LogP contribution in [0.3, 0.4) is 0 Å². The van der Waals surface area contributed by atoms with E-state index in [2.05, 4.69) is 4.98 Å². The zero-order chi connectivity index (χ0) is 17.1. The van der Waals surface area contributed by atoms with Crippen molar-refractivity contribution in [1.29, 1.82) is 0 Å². The van der Waals surface area contributed by atoms with Crippen molar-refractivity contribution in [1.82, 2.24) is 9.55 Å². The first kappa shape index (κ1) is 16.1. The van der Waals surface area contributed by atoms with Gasteiger partial charge in [0.25, 0.3) is 0 Å². The quantitative estimate of drug-likeness (QED) is 0.620. The number of hydrogen-bond donors (Lipinski definition) is 0. The van der Waals surface area contributed by atoms with Crippen LogP contribution in [-0.4, -0.2) is 15.3 Å². The van der Waals surface area contributed by atoms with Crippen molar-refractivity contribution in [3.8, 4) is 5.75 Å². The highest BCUT2D eigenvalue weighted by Gasteiger charge is 2.17. The van der Waals surface area contributed by atoms with Gasteiger partial charge in [-0.15, -0.1) is 0 Å². The first-order valence-corrected chi connectivity index (χ1v) is 7.60. The van der Waals surface area contributed by atoms with Crippen LogP contribution in [0.5, 0.6) is 5.75 Å². The van der Waals surface area contributed by atoms with Gasteiger partial charge in [-0.1, -0.05) is 19.1 Å². The number of ketones is 1. The fourth-order valence-corrected chi connectivity index (χ4v) is 2.50. The number of benzene rings is 2. The second kappa shape index (κ2) is 6.78. The summed E-state index contributed by atoms with van der Waals surface area (Å²) in [7, 11) is 0. The number of imidazole rings is 1. The number of aromatic nitrogens is 2. The second-order valence-electron chi connectivity index (χ2n) is 5.25. The van der Waals surface area contributed by atoms with Crippen molar-refractivity contribution >= 4 is 16.8 Å². The molecule has 0 aliphatic carbocycles. The molecule has 2 aromatic carbocycles. The Morgan fingerprint density at radius 3 is 2.54 bits per heavy atom. The predicted octanol–water partition coefficient (Wildman–Crippen LogP) is 4.60. The molecule has 6 heteroatoms. The highest BCUT2D eigenvalue weighted by atomic mass is 19.3. The maximum Gasteiger partial charge on any atom is 0.320 e. The predicted molar refractivity (Wildman–Crippen MR) is 86.4 cm³/mol. The van der Waals surface area contributed by atoms with Crippen molar-refractivity contribution in [2.45, 2.75) is 26.5 Å². The lowest BCUT2D eigenvalue weighted by Crippen LogP contribution is -2.08. The molecule has 1 heterocycles.